The molecule has 74 valence electrons. The van der Waals surface area contributed by atoms with Gasteiger partial charge in [0.05, 0.1) is 0 Å². The molecule has 1 rings (SSSR count). The van der Waals surface area contributed by atoms with Crippen molar-refractivity contribution in [3.8, 4) is 0 Å². The van der Waals surface area contributed by atoms with Crippen LogP contribution in [0.4, 0.5) is 0 Å². The third-order valence-electron chi connectivity index (χ3n) is 1.73. The number of carboxylic acids is 1. The molecule has 0 heterocycles. The molecule has 0 aliphatic rings. The Labute approximate surface area is 82.1 Å². The van der Waals surface area contributed by atoms with Crippen LogP contribution in [0.15, 0.2) is 29.3 Å². The highest BCUT2D eigenvalue weighted by Crippen LogP contribution is 2.02. The van der Waals surface area contributed by atoms with Gasteiger partial charge in [-0.05, 0) is 6.92 Å². The lowest BCUT2D eigenvalue weighted by molar-refractivity contribution is -0.135. The Bertz CT molecular complexity index is 355. The lowest BCUT2D eigenvalue weighted by Gasteiger charge is -2.00. The number of aliphatic imine (C=N–C) groups is 1. The average molecular weight is 192 g/mol. The van der Waals surface area contributed by atoms with Crippen LogP contribution < -0.4 is 5.73 Å². The van der Waals surface area contributed by atoms with Crippen LogP contribution in [-0.2, 0) is 4.79 Å². The number of aliphatic carboxylic acids is 1. The summed E-state index contributed by atoms with van der Waals surface area (Å²) in [5.74, 6) is -0.729. The van der Waals surface area contributed by atoms with Crippen LogP contribution in [0.5, 0.6) is 0 Å². The van der Waals surface area contributed by atoms with Crippen LogP contribution in [0.1, 0.15) is 11.1 Å². The summed E-state index contributed by atoms with van der Waals surface area (Å²) in [7, 11) is 0. The number of carboxylic acid groups (broad SMARTS) is 1. The molecule has 1 aromatic rings. The van der Waals surface area contributed by atoms with Crippen molar-refractivity contribution in [3.05, 3.63) is 35.4 Å². The highest BCUT2D eigenvalue weighted by Gasteiger charge is 1.98. The molecule has 0 aliphatic heterocycles. The minimum Gasteiger partial charge on any atom is -0.480 e. The number of amidine groups is 1. The maximum absolute atomic E-state index is 10.2. The molecule has 1 aromatic carbocycles. The zero-order valence-corrected chi connectivity index (χ0v) is 7.90. The van der Waals surface area contributed by atoms with Crippen molar-refractivity contribution in [2.75, 3.05) is 6.54 Å². The molecule has 0 aromatic heterocycles. The molecule has 0 saturated carbocycles. The number of aryl methyl sites for hydroxylation is 1. The fourth-order valence-corrected chi connectivity index (χ4v) is 0.968. The number of carbonyl (C=O) groups is 1. The third-order valence-corrected chi connectivity index (χ3v) is 1.73. The van der Waals surface area contributed by atoms with Crippen LogP contribution in [0.25, 0.3) is 0 Å². The molecule has 0 spiro atoms. The van der Waals surface area contributed by atoms with Crippen LogP contribution in [0, 0.1) is 6.92 Å². The monoisotopic (exact) mass is 192 g/mol. The Morgan fingerprint density at radius 2 is 2.00 bits per heavy atom. The summed E-state index contributed by atoms with van der Waals surface area (Å²) in [6.07, 6.45) is 0. The van der Waals surface area contributed by atoms with Gasteiger partial charge in [0.1, 0.15) is 12.4 Å². The zero-order chi connectivity index (χ0) is 10.6. The molecule has 4 heteroatoms. The number of benzene rings is 1. The molecule has 4 nitrogen and oxygen atoms in total. The quantitative estimate of drug-likeness (QED) is 0.549. The first kappa shape index (κ1) is 10.2. The van der Waals surface area contributed by atoms with Crippen LogP contribution >= 0.6 is 0 Å². The Hall–Kier alpha value is -1.84. The minimum absolute atomic E-state index is 0.257. The predicted octanol–water partition coefficient (Wildman–Crippen LogP) is 0.785. The van der Waals surface area contributed by atoms with Gasteiger partial charge in [0.15, 0.2) is 0 Å². The van der Waals surface area contributed by atoms with Gasteiger partial charge >= 0.3 is 5.97 Å². The fourth-order valence-electron chi connectivity index (χ4n) is 0.968. The van der Waals surface area contributed by atoms with E-state index in [1.165, 1.54) is 0 Å². The van der Waals surface area contributed by atoms with Gasteiger partial charge in [-0.15, -0.1) is 0 Å². The topological polar surface area (TPSA) is 75.7 Å². The largest absolute Gasteiger partial charge is 0.480 e. The van der Waals surface area contributed by atoms with Gasteiger partial charge in [-0.3, -0.25) is 9.79 Å². The number of nitrogens with two attached hydrogens (primary N) is 1. The van der Waals surface area contributed by atoms with E-state index in [0.29, 0.717) is 0 Å². The van der Waals surface area contributed by atoms with Crippen molar-refractivity contribution in [2.24, 2.45) is 10.7 Å². The van der Waals surface area contributed by atoms with Crippen molar-refractivity contribution in [3.63, 3.8) is 0 Å². The van der Waals surface area contributed by atoms with E-state index in [9.17, 15) is 4.79 Å². The van der Waals surface area contributed by atoms with E-state index in [-0.39, 0.29) is 12.4 Å². The van der Waals surface area contributed by atoms with Gasteiger partial charge < -0.3 is 10.8 Å². The molecule has 0 amide bonds. The molecule has 0 bridgehead atoms. The summed E-state index contributed by atoms with van der Waals surface area (Å²) in [6, 6.07) is 7.43. The van der Waals surface area contributed by atoms with Gasteiger partial charge in [0, 0.05) is 5.56 Å². The van der Waals surface area contributed by atoms with Crippen LogP contribution in [-0.4, -0.2) is 23.5 Å². The van der Waals surface area contributed by atoms with Gasteiger partial charge in [-0.2, -0.15) is 0 Å². The Kier molecular flexibility index (Phi) is 3.23. The molecule has 0 unspecified atom stereocenters. The minimum atomic E-state index is -0.986. The summed E-state index contributed by atoms with van der Waals surface area (Å²) < 4.78 is 0. The van der Waals surface area contributed by atoms with Crippen molar-refractivity contribution >= 4 is 11.8 Å². The van der Waals surface area contributed by atoms with Crippen LogP contribution in [0.2, 0.25) is 0 Å². The highest BCUT2D eigenvalue weighted by molar-refractivity contribution is 5.98. The third kappa shape index (κ3) is 2.90. The molecular weight excluding hydrogens is 180 g/mol. The van der Waals surface area contributed by atoms with Crippen molar-refractivity contribution < 1.29 is 9.90 Å². The summed E-state index contributed by atoms with van der Waals surface area (Å²) in [5, 5.41) is 8.39. The molecule has 0 radical (unpaired) electrons. The first-order valence-corrected chi connectivity index (χ1v) is 4.18. The second-order valence-electron chi connectivity index (χ2n) is 2.96. The Morgan fingerprint density at radius 1 is 1.43 bits per heavy atom. The van der Waals surface area contributed by atoms with Gasteiger partial charge in [-0.1, -0.05) is 29.8 Å². The highest BCUT2D eigenvalue weighted by atomic mass is 16.4. The van der Waals surface area contributed by atoms with Gasteiger partial charge in [0.2, 0.25) is 0 Å². The summed E-state index contributed by atoms with van der Waals surface area (Å²) >= 11 is 0. The SMILES string of the molecule is Cc1ccc(C(N)=NCC(=O)O)cc1. The Morgan fingerprint density at radius 3 is 2.50 bits per heavy atom. The van der Waals surface area contributed by atoms with Crippen LogP contribution in [0.3, 0.4) is 0 Å². The summed E-state index contributed by atoms with van der Waals surface area (Å²) in [6.45, 7) is 1.67. The lowest BCUT2D eigenvalue weighted by Crippen LogP contribution is -2.15. The van der Waals surface area contributed by atoms with E-state index < -0.39 is 5.97 Å². The van der Waals surface area contributed by atoms with E-state index in [1.807, 2.05) is 31.2 Å². The average Bonchev–Trinajstić information content (AvgIpc) is 2.15. The maximum atomic E-state index is 10.2. The summed E-state index contributed by atoms with van der Waals surface area (Å²) in [4.78, 5) is 13.9. The van der Waals surface area contributed by atoms with E-state index >= 15 is 0 Å². The summed E-state index contributed by atoms with van der Waals surface area (Å²) in [5.41, 5.74) is 7.45. The standard InChI is InChI=1S/C10H12N2O2/c1-7-2-4-8(5-3-7)10(11)12-6-9(13)14/h2-5H,6H2,1H3,(H2,11,12)(H,13,14). The van der Waals surface area contributed by atoms with E-state index in [1.54, 1.807) is 0 Å². The van der Waals surface area contributed by atoms with E-state index in [4.69, 9.17) is 10.8 Å². The predicted molar refractivity (Wildman–Crippen MR) is 54.4 cm³/mol. The fraction of sp³-hybridized carbons (Fsp3) is 0.200. The van der Waals surface area contributed by atoms with Crippen molar-refractivity contribution in [1.29, 1.82) is 0 Å². The maximum Gasteiger partial charge on any atom is 0.325 e. The second kappa shape index (κ2) is 4.41. The first-order valence-electron chi connectivity index (χ1n) is 4.18. The number of hydrogen-bond donors (Lipinski definition) is 2. The van der Waals surface area contributed by atoms with Gasteiger partial charge in [-0.25, -0.2) is 0 Å². The number of nitrogens with zero attached hydrogens (tertiary/aromatic N) is 1. The Balaban J connectivity index is 2.78. The lowest BCUT2D eigenvalue weighted by atomic mass is 10.1. The first-order chi connectivity index (χ1) is 6.59. The number of hydrogen-bond acceptors (Lipinski definition) is 2. The molecule has 14 heavy (non-hydrogen) atoms. The van der Waals surface area contributed by atoms with E-state index in [0.717, 1.165) is 11.1 Å². The molecule has 0 fully saturated rings. The normalized spacial score (nSPS) is 11.4. The molecule has 0 atom stereocenters. The van der Waals surface area contributed by atoms with Crippen molar-refractivity contribution in [1.82, 2.24) is 0 Å². The molecular formula is C10H12N2O2. The zero-order valence-electron chi connectivity index (χ0n) is 7.90. The molecule has 0 aliphatic carbocycles. The smallest absolute Gasteiger partial charge is 0.325 e. The van der Waals surface area contributed by atoms with Crippen molar-refractivity contribution in [2.45, 2.75) is 6.92 Å². The van der Waals surface area contributed by atoms with E-state index in [2.05, 4.69) is 4.99 Å². The van der Waals surface area contributed by atoms with Gasteiger partial charge in [0.25, 0.3) is 0 Å². The number of rotatable bonds is 3. The molecule has 0 saturated heterocycles. The second-order valence-corrected chi connectivity index (χ2v) is 2.96. The molecule has 3 N–H and O–H groups in total.